The first-order chi connectivity index (χ1) is 41.5. The van der Waals surface area contributed by atoms with Gasteiger partial charge in [-0.2, -0.15) is 0 Å². The Morgan fingerprint density at radius 2 is 1.28 bits per heavy atom. The lowest BCUT2D eigenvalue weighted by Crippen LogP contribution is -2.31. The summed E-state index contributed by atoms with van der Waals surface area (Å²) in [4.78, 5) is 36.9. The molecule has 1 fully saturated rings. The number of aryl methyl sites for hydroxylation is 4. The van der Waals surface area contributed by atoms with Gasteiger partial charge in [-0.3, -0.25) is 9.78 Å². The molecule has 4 aromatic carbocycles. The van der Waals surface area contributed by atoms with Crippen molar-refractivity contribution in [3.8, 4) is 33.8 Å². The Balaban J connectivity index is 0.000000158. The normalized spacial score (nSPS) is 13.6. The van der Waals surface area contributed by atoms with Crippen molar-refractivity contribution in [2.45, 2.75) is 90.4 Å². The van der Waals surface area contributed by atoms with E-state index in [0.29, 0.717) is 43.4 Å². The molecule has 85 heavy (non-hydrogen) atoms. The number of carboxylic acids is 1. The van der Waals surface area contributed by atoms with Crippen LogP contribution in [0.2, 0.25) is 0 Å². The van der Waals surface area contributed by atoms with Crippen LogP contribution >= 0.6 is 0 Å². The van der Waals surface area contributed by atoms with Gasteiger partial charge in [0.25, 0.3) is 5.91 Å². The van der Waals surface area contributed by atoms with Crippen molar-refractivity contribution in [1.29, 1.82) is 0 Å². The summed E-state index contributed by atoms with van der Waals surface area (Å²) in [5, 5.41) is 15.6. The molecular weight excluding hydrogens is 1070 g/mol. The van der Waals surface area contributed by atoms with Gasteiger partial charge in [-0.15, -0.1) is 0 Å². The van der Waals surface area contributed by atoms with Crippen LogP contribution in [0.5, 0.6) is 11.5 Å². The number of amides is 1. The molecular formula is C68H79N11O6. The Morgan fingerprint density at radius 1 is 0.659 bits per heavy atom. The maximum absolute atomic E-state index is 12.4. The number of carbonyl (C=O) groups excluding carboxylic acids is 1. The predicted octanol–water partition coefficient (Wildman–Crippen LogP) is 12.0. The van der Waals surface area contributed by atoms with E-state index in [-0.39, 0.29) is 17.0 Å². The number of nitrogens with one attached hydrogen (secondary N) is 1. The molecule has 0 spiro atoms. The minimum absolute atomic E-state index is 0.0146. The number of hydrogen-bond acceptors (Lipinski definition) is 12. The number of fused-ring (bicyclic) bond motifs is 3. The summed E-state index contributed by atoms with van der Waals surface area (Å²) in [6.07, 6.45) is 21.3. The zero-order valence-corrected chi connectivity index (χ0v) is 49.0. The number of unbranched alkanes of at least 4 members (excludes halogenated alkanes) is 3. The Hall–Kier alpha value is -9.03. The van der Waals surface area contributed by atoms with Crippen molar-refractivity contribution in [3.63, 3.8) is 0 Å². The smallest absolute Gasteiger partial charge is 0.336 e. The zero-order chi connectivity index (χ0) is 59.7. The molecule has 1 aliphatic carbocycles. The molecule has 0 bridgehead atoms. The van der Waals surface area contributed by atoms with E-state index in [1.54, 1.807) is 26.4 Å². The summed E-state index contributed by atoms with van der Waals surface area (Å²) >= 11 is 0. The number of nitrogens with zero attached hydrogens (tertiary/aromatic N) is 6. The van der Waals surface area contributed by atoms with Crippen LogP contribution in [0.15, 0.2) is 159 Å². The maximum atomic E-state index is 12.4. The van der Waals surface area contributed by atoms with Crippen molar-refractivity contribution in [2.75, 3.05) is 51.9 Å². The lowest BCUT2D eigenvalue weighted by Gasteiger charge is -2.36. The van der Waals surface area contributed by atoms with E-state index in [4.69, 9.17) is 37.1 Å². The van der Waals surface area contributed by atoms with E-state index in [1.165, 1.54) is 34.2 Å². The fourth-order valence-electron chi connectivity index (χ4n) is 11.2. The number of pyridine rings is 3. The summed E-state index contributed by atoms with van der Waals surface area (Å²) < 4.78 is 23.5. The van der Waals surface area contributed by atoms with Crippen LogP contribution in [-0.4, -0.2) is 86.1 Å². The number of nitrogens with two attached hydrogens (primary N) is 4. The number of aromatic carboxylic acids is 1. The van der Waals surface area contributed by atoms with Gasteiger partial charge in [-0.05, 0) is 142 Å². The Kier molecular flexibility index (Phi) is 21.0. The molecule has 1 aliphatic rings. The molecule has 10 aromatic rings. The highest BCUT2D eigenvalue weighted by atomic mass is 16.5. The average Bonchev–Trinajstić information content (AvgIpc) is 4.40. The molecule has 442 valence electrons. The van der Waals surface area contributed by atoms with Crippen LogP contribution in [0.25, 0.3) is 55.0 Å². The molecule has 0 aliphatic heterocycles. The standard InChI is InChI=1S/C30H33N3O4.C19H22N4O.C19H24N4O/c1-22-28-24(12-9-19-37-21-23-10-3-2-4-11-23)20-33(27(28)15-17-31-22)18-8-7-16-32-29(34)25-13-5-6-14-26(25)30(35)36;1-24-15-4-2-3-13(7-15)17-11-23(14-5-12(6-14)9-20)18-8-19(21)22-10-16(17)18;1-24-15-7-5-6-14(10-15)17-13-23(9-4-2-3-8-20)18-11-19(21)22-12-16(17)18/h2-6,10-11,13-15,17,20H,7-9,12,16,18-19,21H2,1H3,(H,32,34)(H,35,36);2-4,7-8,10-12,14H,5-6,9,20H2,1H3,(H2,21,22);5-7,10-13H,2-4,8-9,20H2,1H3,(H2,21,22). The van der Waals surface area contributed by atoms with E-state index in [9.17, 15) is 14.7 Å². The van der Waals surface area contributed by atoms with Gasteiger partial charge in [0.05, 0.1) is 48.5 Å². The topological polar surface area (TPSA) is 252 Å². The number of rotatable bonds is 24. The largest absolute Gasteiger partial charge is 0.497 e. The molecule has 1 amide bonds. The van der Waals surface area contributed by atoms with Crippen molar-refractivity contribution < 1.29 is 28.9 Å². The highest BCUT2D eigenvalue weighted by Gasteiger charge is 2.31. The van der Waals surface area contributed by atoms with E-state index in [1.807, 2.05) is 86.2 Å². The Morgan fingerprint density at radius 3 is 1.94 bits per heavy atom. The van der Waals surface area contributed by atoms with Crippen molar-refractivity contribution in [2.24, 2.45) is 17.4 Å². The number of carbonyl (C=O) groups is 2. The SMILES string of the molecule is COc1cccc(-c2cn(C3CC(CN)C3)c3cc(N)ncc23)c1.COc1cccc(-c2cn(CCCCCN)c3cc(N)ncc23)c1.Cc1nccc2c1c(CCCOCc1ccccc1)cn2CCCCNC(=O)c1ccccc1C(=O)O. The van der Waals surface area contributed by atoms with Gasteiger partial charge in [0.2, 0.25) is 0 Å². The third-order valence-electron chi connectivity index (χ3n) is 15.8. The van der Waals surface area contributed by atoms with Gasteiger partial charge in [-0.25, -0.2) is 14.8 Å². The number of nitrogen functional groups attached to an aromatic ring is 2. The summed E-state index contributed by atoms with van der Waals surface area (Å²) in [5.41, 5.74) is 34.9. The van der Waals surface area contributed by atoms with Gasteiger partial charge < -0.3 is 61.3 Å². The van der Waals surface area contributed by atoms with Crippen molar-refractivity contribution in [3.05, 3.63) is 186 Å². The average molecular weight is 1150 g/mol. The number of benzene rings is 4. The fraction of sp³-hybridized carbons (Fsp3) is 0.309. The minimum Gasteiger partial charge on any atom is -0.497 e. The second-order valence-electron chi connectivity index (χ2n) is 21.6. The zero-order valence-electron chi connectivity index (χ0n) is 49.0. The van der Waals surface area contributed by atoms with Crippen LogP contribution < -0.4 is 37.7 Å². The first kappa shape index (κ1) is 60.6. The molecule has 0 unspecified atom stereocenters. The number of anilines is 2. The maximum Gasteiger partial charge on any atom is 0.336 e. The van der Waals surface area contributed by atoms with Crippen LogP contribution in [0.1, 0.15) is 94.9 Å². The fourth-order valence-corrected chi connectivity index (χ4v) is 11.2. The first-order valence-corrected chi connectivity index (χ1v) is 29.3. The summed E-state index contributed by atoms with van der Waals surface area (Å²) in [5.74, 6) is 1.96. The molecule has 0 atom stereocenters. The number of carboxylic acid groups (broad SMARTS) is 1. The third kappa shape index (κ3) is 15.2. The number of ether oxygens (including phenoxy) is 3. The Bertz CT molecular complexity index is 3830. The highest BCUT2D eigenvalue weighted by molar-refractivity contribution is 6.05. The quantitative estimate of drug-likeness (QED) is 0.0308. The lowest BCUT2D eigenvalue weighted by atomic mass is 9.80. The van der Waals surface area contributed by atoms with E-state index in [2.05, 4.69) is 89.0 Å². The molecule has 6 heterocycles. The van der Waals surface area contributed by atoms with Gasteiger partial charge in [0.1, 0.15) is 23.1 Å². The van der Waals surface area contributed by atoms with Crippen LogP contribution in [0, 0.1) is 12.8 Å². The molecule has 6 aromatic heterocycles. The second-order valence-corrected chi connectivity index (χ2v) is 21.6. The summed E-state index contributed by atoms with van der Waals surface area (Å²) in [7, 11) is 3.37. The molecule has 17 nitrogen and oxygen atoms in total. The van der Waals surface area contributed by atoms with Crippen LogP contribution in [0.3, 0.4) is 0 Å². The van der Waals surface area contributed by atoms with E-state index >= 15 is 0 Å². The monoisotopic (exact) mass is 1150 g/mol. The predicted molar refractivity (Wildman–Crippen MR) is 340 cm³/mol. The third-order valence-corrected chi connectivity index (χ3v) is 15.8. The summed E-state index contributed by atoms with van der Waals surface area (Å²) in [6.45, 7) is 7.15. The molecule has 0 radical (unpaired) electrons. The molecule has 10 N–H and O–H groups in total. The molecule has 0 saturated heterocycles. The molecule has 17 heteroatoms. The highest BCUT2D eigenvalue weighted by Crippen LogP contribution is 2.43. The van der Waals surface area contributed by atoms with Crippen LogP contribution in [0.4, 0.5) is 11.6 Å². The second kappa shape index (κ2) is 29.5. The minimum atomic E-state index is -1.10. The molecule has 1 saturated carbocycles. The van der Waals surface area contributed by atoms with Gasteiger partial charge in [0, 0.05) is 115 Å². The van der Waals surface area contributed by atoms with Crippen molar-refractivity contribution >= 4 is 56.2 Å². The van der Waals surface area contributed by atoms with Gasteiger partial charge in [-0.1, -0.05) is 73.2 Å². The first-order valence-electron chi connectivity index (χ1n) is 29.3. The van der Waals surface area contributed by atoms with E-state index in [0.717, 1.165) is 145 Å². The number of aromatic nitrogens is 6. The van der Waals surface area contributed by atoms with Crippen molar-refractivity contribution in [1.82, 2.24) is 34.0 Å². The Labute approximate surface area is 497 Å². The molecule has 11 rings (SSSR count). The number of hydrogen-bond donors (Lipinski definition) is 6. The van der Waals surface area contributed by atoms with Gasteiger partial charge >= 0.3 is 5.97 Å². The summed E-state index contributed by atoms with van der Waals surface area (Å²) in [6, 6.07) is 39.1. The van der Waals surface area contributed by atoms with E-state index < -0.39 is 5.97 Å². The van der Waals surface area contributed by atoms with Crippen LogP contribution in [-0.2, 0) is 30.9 Å². The lowest BCUT2D eigenvalue weighted by molar-refractivity contribution is 0.0691. The number of methoxy groups -OCH3 is 2. The van der Waals surface area contributed by atoms with Gasteiger partial charge in [0.15, 0.2) is 0 Å².